The van der Waals surface area contributed by atoms with Crippen molar-refractivity contribution in [1.29, 1.82) is 0 Å². The Morgan fingerprint density at radius 3 is 2.36 bits per heavy atom. The average molecular weight is 565 g/mol. The fourth-order valence-corrected chi connectivity index (χ4v) is 4.31. The number of alkyl halides is 3. The lowest BCUT2D eigenvalue weighted by atomic mass is 10.1. The highest BCUT2D eigenvalue weighted by Gasteiger charge is 2.32. The lowest BCUT2D eigenvalue weighted by Gasteiger charge is -2.18. The number of carbonyl (C=O) groups excluding carboxylic acids is 1. The standard InChI is InChI=1S/C25H20F4N4O5S/c1-13(31-24(34)14-8-17(38-25(27,28)29)10-18(9-14)39(3,35)36)22-23(20-6-4-15(26)12-30-20)33-21-11-16(37-2)5-7-19(21)32-22/h4-13H,1-3H3,(H,31,34)/t13-/m0/s1. The molecule has 2 heterocycles. The van der Waals surface area contributed by atoms with Gasteiger partial charge < -0.3 is 14.8 Å². The summed E-state index contributed by atoms with van der Waals surface area (Å²) in [4.78, 5) is 25.8. The zero-order valence-electron chi connectivity index (χ0n) is 20.6. The summed E-state index contributed by atoms with van der Waals surface area (Å²) in [5.74, 6) is -1.86. The highest BCUT2D eigenvalue weighted by molar-refractivity contribution is 7.90. The number of halogens is 4. The van der Waals surface area contributed by atoms with Crippen molar-refractivity contribution in [2.24, 2.45) is 0 Å². The fraction of sp³-hybridized carbons (Fsp3) is 0.200. The minimum Gasteiger partial charge on any atom is -0.497 e. The Labute approximate surface area is 219 Å². The molecule has 0 radical (unpaired) electrons. The van der Waals surface area contributed by atoms with E-state index in [0.717, 1.165) is 24.6 Å². The topological polar surface area (TPSA) is 120 Å². The highest BCUT2D eigenvalue weighted by Crippen LogP contribution is 2.30. The number of carbonyl (C=O) groups is 1. The average Bonchev–Trinajstić information content (AvgIpc) is 2.86. The van der Waals surface area contributed by atoms with Crippen LogP contribution in [0.15, 0.2) is 59.6 Å². The Balaban J connectivity index is 1.76. The van der Waals surface area contributed by atoms with Crippen LogP contribution in [0.25, 0.3) is 22.4 Å². The first-order valence-electron chi connectivity index (χ1n) is 11.1. The van der Waals surface area contributed by atoms with Crippen LogP contribution in [0.2, 0.25) is 0 Å². The van der Waals surface area contributed by atoms with Crippen molar-refractivity contribution in [2.45, 2.75) is 24.2 Å². The Kier molecular flexibility index (Phi) is 7.41. The van der Waals surface area contributed by atoms with Gasteiger partial charge in [0.25, 0.3) is 5.91 Å². The molecule has 0 saturated carbocycles. The Hall–Kier alpha value is -4.33. The van der Waals surface area contributed by atoms with Gasteiger partial charge in [-0.05, 0) is 49.4 Å². The lowest BCUT2D eigenvalue weighted by molar-refractivity contribution is -0.274. The molecule has 1 atom stereocenters. The molecule has 0 bridgehead atoms. The smallest absolute Gasteiger partial charge is 0.497 e. The molecule has 0 aliphatic heterocycles. The van der Waals surface area contributed by atoms with Gasteiger partial charge in [-0.15, -0.1) is 13.2 Å². The number of ether oxygens (including phenoxy) is 2. The van der Waals surface area contributed by atoms with Gasteiger partial charge in [0.05, 0.1) is 46.7 Å². The van der Waals surface area contributed by atoms with Crippen molar-refractivity contribution < 1.29 is 40.2 Å². The summed E-state index contributed by atoms with van der Waals surface area (Å²) >= 11 is 0. The van der Waals surface area contributed by atoms with E-state index in [2.05, 4.69) is 25.0 Å². The highest BCUT2D eigenvalue weighted by atomic mass is 32.2. The van der Waals surface area contributed by atoms with E-state index in [4.69, 9.17) is 4.74 Å². The molecule has 4 aromatic rings. The molecule has 0 aliphatic carbocycles. The molecule has 0 aliphatic rings. The predicted molar refractivity (Wildman–Crippen MR) is 131 cm³/mol. The number of nitrogens with zero attached hydrogens (tertiary/aromatic N) is 3. The molecule has 9 nitrogen and oxygen atoms in total. The Bertz CT molecular complexity index is 1660. The second-order valence-corrected chi connectivity index (χ2v) is 10.4. The van der Waals surface area contributed by atoms with Crippen LogP contribution in [-0.4, -0.2) is 49.0 Å². The minimum atomic E-state index is -5.11. The monoisotopic (exact) mass is 564 g/mol. The first-order chi connectivity index (χ1) is 18.2. The van der Waals surface area contributed by atoms with Crippen LogP contribution in [0.5, 0.6) is 11.5 Å². The van der Waals surface area contributed by atoms with Gasteiger partial charge in [-0.1, -0.05) is 0 Å². The van der Waals surface area contributed by atoms with Crippen molar-refractivity contribution in [1.82, 2.24) is 20.3 Å². The largest absolute Gasteiger partial charge is 0.573 e. The maximum Gasteiger partial charge on any atom is 0.573 e. The first-order valence-corrected chi connectivity index (χ1v) is 13.0. The van der Waals surface area contributed by atoms with Crippen molar-refractivity contribution in [2.75, 3.05) is 13.4 Å². The number of methoxy groups -OCH3 is 1. The molecule has 0 saturated heterocycles. The summed E-state index contributed by atoms with van der Waals surface area (Å²) in [6.07, 6.45) is -3.35. The molecule has 0 unspecified atom stereocenters. The van der Waals surface area contributed by atoms with Gasteiger partial charge in [-0.25, -0.2) is 22.8 Å². The molecule has 1 amide bonds. The molecule has 204 valence electrons. The third kappa shape index (κ3) is 6.57. The number of fused-ring (bicyclic) bond motifs is 1. The molecule has 2 aromatic heterocycles. The van der Waals surface area contributed by atoms with Crippen LogP contribution in [-0.2, 0) is 9.84 Å². The van der Waals surface area contributed by atoms with Gasteiger partial charge in [0.1, 0.15) is 23.0 Å². The molecule has 4 rings (SSSR count). The molecule has 14 heteroatoms. The van der Waals surface area contributed by atoms with Crippen LogP contribution in [0.4, 0.5) is 17.6 Å². The Morgan fingerprint density at radius 2 is 1.74 bits per heavy atom. The van der Waals surface area contributed by atoms with Crippen LogP contribution in [0.3, 0.4) is 0 Å². The number of benzene rings is 2. The second kappa shape index (κ2) is 10.4. The molecule has 2 aromatic carbocycles. The van der Waals surface area contributed by atoms with E-state index in [-0.39, 0.29) is 17.1 Å². The van der Waals surface area contributed by atoms with Gasteiger partial charge >= 0.3 is 6.36 Å². The van der Waals surface area contributed by atoms with E-state index in [9.17, 15) is 30.8 Å². The van der Waals surface area contributed by atoms with Crippen LogP contribution >= 0.6 is 0 Å². The number of rotatable bonds is 7. The minimum absolute atomic E-state index is 0.203. The maximum atomic E-state index is 13.5. The van der Waals surface area contributed by atoms with Crippen LogP contribution in [0, 0.1) is 5.82 Å². The normalized spacial score (nSPS) is 12.7. The molecule has 1 N–H and O–H groups in total. The summed E-state index contributed by atoms with van der Waals surface area (Å²) < 4.78 is 85.1. The number of aromatic nitrogens is 3. The zero-order valence-corrected chi connectivity index (χ0v) is 21.4. The summed E-state index contributed by atoms with van der Waals surface area (Å²) in [6, 6.07) is 8.92. The summed E-state index contributed by atoms with van der Waals surface area (Å²) in [7, 11) is -2.51. The van der Waals surface area contributed by atoms with Gasteiger partial charge in [-0.2, -0.15) is 0 Å². The van der Waals surface area contributed by atoms with Crippen molar-refractivity contribution in [3.63, 3.8) is 0 Å². The van der Waals surface area contributed by atoms with Crippen molar-refractivity contribution in [3.05, 3.63) is 71.8 Å². The van der Waals surface area contributed by atoms with E-state index in [1.807, 2.05) is 0 Å². The van der Waals surface area contributed by atoms with Gasteiger partial charge in [-0.3, -0.25) is 9.78 Å². The van der Waals surface area contributed by atoms with Crippen LogP contribution < -0.4 is 14.8 Å². The number of pyridine rings is 1. The number of sulfone groups is 1. The van der Waals surface area contributed by atoms with E-state index in [1.165, 1.54) is 26.2 Å². The quantitative estimate of drug-likeness (QED) is 0.323. The number of nitrogens with one attached hydrogen (secondary N) is 1. The summed E-state index contributed by atoms with van der Waals surface area (Å²) in [5, 5.41) is 2.59. The van der Waals surface area contributed by atoms with Crippen molar-refractivity contribution >= 4 is 26.8 Å². The predicted octanol–water partition coefficient (Wildman–Crippen LogP) is 4.63. The van der Waals surface area contributed by atoms with E-state index < -0.39 is 50.2 Å². The van der Waals surface area contributed by atoms with Crippen LogP contribution in [0.1, 0.15) is 29.0 Å². The van der Waals surface area contributed by atoms with E-state index in [0.29, 0.717) is 22.8 Å². The number of amides is 1. The summed E-state index contributed by atoms with van der Waals surface area (Å²) in [6.45, 7) is 1.54. The van der Waals surface area contributed by atoms with E-state index in [1.54, 1.807) is 18.2 Å². The molecule has 0 fully saturated rings. The molecule has 39 heavy (non-hydrogen) atoms. The number of hydrogen-bond acceptors (Lipinski definition) is 8. The van der Waals surface area contributed by atoms with Gasteiger partial charge in [0, 0.05) is 17.9 Å². The Morgan fingerprint density at radius 1 is 1.00 bits per heavy atom. The maximum absolute atomic E-state index is 13.5. The van der Waals surface area contributed by atoms with E-state index >= 15 is 0 Å². The van der Waals surface area contributed by atoms with Gasteiger partial charge in [0.15, 0.2) is 9.84 Å². The third-order valence-corrected chi connectivity index (χ3v) is 6.52. The SMILES string of the molecule is COc1ccc2nc([C@H](C)NC(=O)c3cc(OC(F)(F)F)cc(S(C)(=O)=O)c3)c(-c3ccc(F)cn3)nc2c1. The molecular formula is C25H20F4N4O5S. The zero-order chi connectivity index (χ0) is 28.5. The second-order valence-electron chi connectivity index (χ2n) is 8.38. The lowest BCUT2D eigenvalue weighted by Crippen LogP contribution is -2.28. The number of hydrogen-bond donors (Lipinski definition) is 1. The fourth-order valence-electron chi connectivity index (χ4n) is 3.64. The summed E-state index contributed by atoms with van der Waals surface area (Å²) in [5.41, 5.74) is 1.11. The van der Waals surface area contributed by atoms with Crippen molar-refractivity contribution in [3.8, 4) is 22.9 Å². The first kappa shape index (κ1) is 27.7. The van der Waals surface area contributed by atoms with Gasteiger partial charge in [0.2, 0.25) is 0 Å². The molecule has 0 spiro atoms. The molecular weight excluding hydrogens is 544 g/mol. The third-order valence-electron chi connectivity index (χ3n) is 5.43.